The molecule has 9 heteroatoms. The Bertz CT molecular complexity index is 1820. The van der Waals surface area contributed by atoms with Crippen LogP contribution in [0.1, 0.15) is 37.5 Å². The Morgan fingerprint density at radius 1 is 1.15 bits per heavy atom. The Kier molecular flexibility index (Phi) is 6.61. The number of benzene rings is 3. The van der Waals surface area contributed by atoms with Crippen molar-refractivity contribution in [2.24, 2.45) is 5.73 Å². The lowest BCUT2D eigenvalue weighted by atomic mass is 9.95. The van der Waals surface area contributed by atoms with Crippen molar-refractivity contribution in [3.63, 3.8) is 0 Å². The van der Waals surface area contributed by atoms with Gasteiger partial charge in [0.05, 0.1) is 30.7 Å². The van der Waals surface area contributed by atoms with Crippen LogP contribution in [0, 0.1) is 18.3 Å². The first-order chi connectivity index (χ1) is 18.8. The van der Waals surface area contributed by atoms with Crippen molar-refractivity contribution in [1.82, 2.24) is 9.97 Å². The average Bonchev–Trinajstić information content (AvgIpc) is 3.31. The first-order valence-corrected chi connectivity index (χ1v) is 12.2. The largest absolute Gasteiger partial charge is 0.497 e. The van der Waals surface area contributed by atoms with Gasteiger partial charge in [-0.05, 0) is 53.4 Å². The van der Waals surface area contributed by atoms with E-state index in [-0.39, 0.29) is 17.7 Å². The molecule has 0 radical (unpaired) electrons. The Balaban J connectivity index is 1.60. The van der Waals surface area contributed by atoms with E-state index >= 15 is 0 Å². The normalized spacial score (nSPS) is 10.9. The van der Waals surface area contributed by atoms with Gasteiger partial charge in [0.25, 0.3) is 5.91 Å². The zero-order valence-electron chi connectivity index (χ0n) is 21.3. The fourth-order valence-corrected chi connectivity index (χ4v) is 4.90. The van der Waals surface area contributed by atoms with E-state index in [1.54, 1.807) is 18.3 Å². The number of hydrogen-bond acceptors (Lipinski definition) is 6. The lowest BCUT2D eigenvalue weighted by molar-refractivity contribution is 0.0695. The van der Waals surface area contributed by atoms with Crippen molar-refractivity contribution < 1.29 is 19.4 Å². The number of primary amides is 1. The van der Waals surface area contributed by atoms with Crippen molar-refractivity contribution in [2.45, 2.75) is 19.9 Å². The zero-order chi connectivity index (χ0) is 27.7. The standard InChI is InChI=1S/C30H25N5O4/c1-16-20(4-3-5-24(16)33-14-18-7-8-19(39-2)13-22(18)30(37)38)23-15-34-28(29(32)36)27-26(23)21-9-6-17(10-11-31)12-25(21)35-27/h3-9,12-13,15,33,35H,10,14H2,1-2H3,(H2,32,36)(H,37,38). The maximum atomic E-state index is 12.2. The highest BCUT2D eigenvalue weighted by Crippen LogP contribution is 2.38. The smallest absolute Gasteiger partial charge is 0.336 e. The van der Waals surface area contributed by atoms with Crippen LogP contribution < -0.4 is 15.8 Å². The SMILES string of the molecule is COc1ccc(CNc2cccc(-c3cnc(C(N)=O)c4[nH]c5cc(CC#N)ccc5c34)c2C)c(C(=O)O)c1. The predicted molar refractivity (Wildman–Crippen MR) is 149 cm³/mol. The van der Waals surface area contributed by atoms with Crippen LogP contribution in [0.4, 0.5) is 5.69 Å². The third-order valence-corrected chi connectivity index (χ3v) is 6.85. The number of hydrogen-bond donors (Lipinski definition) is 4. The first kappa shape index (κ1) is 25.3. The molecule has 0 aliphatic heterocycles. The summed E-state index contributed by atoms with van der Waals surface area (Å²) in [6.45, 7) is 2.26. The molecule has 5 rings (SSSR count). The summed E-state index contributed by atoms with van der Waals surface area (Å²) in [4.78, 5) is 31.7. The number of carboxylic acids is 1. The van der Waals surface area contributed by atoms with Gasteiger partial charge >= 0.3 is 5.97 Å². The van der Waals surface area contributed by atoms with E-state index < -0.39 is 11.9 Å². The van der Waals surface area contributed by atoms with Gasteiger partial charge in [0.1, 0.15) is 5.75 Å². The molecule has 0 fully saturated rings. The molecular weight excluding hydrogens is 494 g/mol. The van der Waals surface area contributed by atoms with E-state index in [1.165, 1.54) is 13.2 Å². The second-order valence-electron chi connectivity index (χ2n) is 9.13. The van der Waals surface area contributed by atoms with Crippen LogP contribution in [0.5, 0.6) is 5.75 Å². The monoisotopic (exact) mass is 519 g/mol. The molecule has 0 atom stereocenters. The predicted octanol–water partition coefficient (Wildman–Crippen LogP) is 5.18. The van der Waals surface area contributed by atoms with Gasteiger partial charge in [0.15, 0.2) is 5.69 Å². The number of nitrogens with one attached hydrogen (secondary N) is 2. The number of amides is 1. The number of methoxy groups -OCH3 is 1. The number of H-pyrrole nitrogens is 1. The van der Waals surface area contributed by atoms with Gasteiger partial charge in [0, 0.05) is 40.3 Å². The molecule has 0 saturated carbocycles. The molecule has 3 aromatic carbocycles. The lowest BCUT2D eigenvalue weighted by Crippen LogP contribution is -2.13. The summed E-state index contributed by atoms with van der Waals surface area (Å²) in [6.07, 6.45) is 1.92. The number of carbonyl (C=O) groups is 2. The minimum atomic E-state index is -1.03. The van der Waals surface area contributed by atoms with Crippen molar-refractivity contribution in [3.8, 4) is 22.9 Å². The number of anilines is 1. The summed E-state index contributed by atoms with van der Waals surface area (Å²) in [5.41, 5.74) is 12.2. The van der Waals surface area contributed by atoms with Gasteiger partial charge in [-0.25, -0.2) is 9.78 Å². The Morgan fingerprint density at radius 2 is 1.97 bits per heavy atom. The number of carboxylic acid groups (broad SMARTS) is 1. The van der Waals surface area contributed by atoms with Gasteiger partial charge < -0.3 is 25.9 Å². The molecule has 0 aliphatic rings. The number of pyridine rings is 1. The zero-order valence-corrected chi connectivity index (χ0v) is 21.3. The van der Waals surface area contributed by atoms with Crippen molar-refractivity contribution >= 4 is 39.4 Å². The Hall–Kier alpha value is -5.36. The molecule has 39 heavy (non-hydrogen) atoms. The van der Waals surface area contributed by atoms with Gasteiger partial charge in [-0.3, -0.25) is 4.79 Å². The molecule has 1 amide bonds. The molecule has 5 N–H and O–H groups in total. The molecule has 0 bridgehead atoms. The highest BCUT2D eigenvalue weighted by Gasteiger charge is 2.20. The highest BCUT2D eigenvalue weighted by atomic mass is 16.5. The highest BCUT2D eigenvalue weighted by molar-refractivity contribution is 6.19. The average molecular weight is 520 g/mol. The number of nitrogens with two attached hydrogens (primary N) is 1. The van der Waals surface area contributed by atoms with Crippen molar-refractivity contribution in [3.05, 3.63) is 88.7 Å². The van der Waals surface area contributed by atoms with E-state index in [4.69, 9.17) is 15.7 Å². The van der Waals surface area contributed by atoms with E-state index in [0.29, 0.717) is 23.4 Å². The van der Waals surface area contributed by atoms with Gasteiger partial charge in [-0.15, -0.1) is 0 Å². The summed E-state index contributed by atoms with van der Waals surface area (Å²) < 4.78 is 5.17. The van der Waals surface area contributed by atoms with Crippen LogP contribution >= 0.6 is 0 Å². The molecular formula is C30H25N5O4. The minimum Gasteiger partial charge on any atom is -0.497 e. The van der Waals surface area contributed by atoms with Crippen LogP contribution in [-0.2, 0) is 13.0 Å². The molecule has 5 aromatic rings. The molecule has 9 nitrogen and oxygen atoms in total. The number of ether oxygens (including phenoxy) is 1. The van der Waals surface area contributed by atoms with Crippen LogP contribution in [-0.4, -0.2) is 34.1 Å². The van der Waals surface area contributed by atoms with Crippen LogP contribution in [0.15, 0.2) is 60.8 Å². The minimum absolute atomic E-state index is 0.138. The van der Waals surface area contributed by atoms with Crippen molar-refractivity contribution in [1.29, 1.82) is 5.26 Å². The summed E-state index contributed by atoms with van der Waals surface area (Å²) in [6, 6.07) is 18.7. The number of rotatable bonds is 8. The fraction of sp³-hybridized carbons (Fsp3) is 0.133. The number of aromatic carboxylic acids is 1. The van der Waals surface area contributed by atoms with Crippen LogP contribution in [0.3, 0.4) is 0 Å². The Morgan fingerprint density at radius 3 is 2.69 bits per heavy atom. The van der Waals surface area contributed by atoms with Gasteiger partial charge in [-0.2, -0.15) is 5.26 Å². The van der Waals surface area contributed by atoms with E-state index in [2.05, 4.69) is 21.4 Å². The second-order valence-corrected chi connectivity index (χ2v) is 9.13. The summed E-state index contributed by atoms with van der Waals surface area (Å²) in [5.74, 6) is -1.20. The lowest BCUT2D eigenvalue weighted by Gasteiger charge is -2.16. The molecule has 194 valence electrons. The molecule has 0 unspecified atom stereocenters. The third kappa shape index (κ3) is 4.60. The van der Waals surface area contributed by atoms with Crippen molar-refractivity contribution in [2.75, 3.05) is 12.4 Å². The number of carbonyl (C=O) groups excluding carboxylic acids is 1. The first-order valence-electron chi connectivity index (χ1n) is 12.2. The molecule has 0 saturated heterocycles. The quantitative estimate of drug-likeness (QED) is 0.220. The number of aromatic amines is 1. The summed E-state index contributed by atoms with van der Waals surface area (Å²) >= 11 is 0. The third-order valence-electron chi connectivity index (χ3n) is 6.85. The Labute approximate surface area is 223 Å². The second kappa shape index (κ2) is 10.2. The maximum absolute atomic E-state index is 12.2. The number of fused-ring (bicyclic) bond motifs is 3. The van der Waals surface area contributed by atoms with E-state index in [1.807, 2.05) is 43.3 Å². The van der Waals surface area contributed by atoms with Gasteiger partial charge in [-0.1, -0.05) is 30.3 Å². The molecule has 2 aromatic heterocycles. The van der Waals surface area contributed by atoms with Crippen LogP contribution in [0.2, 0.25) is 0 Å². The number of aromatic nitrogens is 2. The fourth-order valence-electron chi connectivity index (χ4n) is 4.90. The summed E-state index contributed by atoms with van der Waals surface area (Å²) in [7, 11) is 1.49. The molecule has 0 aliphatic carbocycles. The number of nitriles is 1. The summed E-state index contributed by atoms with van der Waals surface area (Å²) in [5, 5.41) is 23.8. The van der Waals surface area contributed by atoms with Crippen LogP contribution in [0.25, 0.3) is 32.9 Å². The van der Waals surface area contributed by atoms with Gasteiger partial charge in [0.2, 0.25) is 0 Å². The molecule has 2 heterocycles. The maximum Gasteiger partial charge on any atom is 0.336 e. The molecule has 0 spiro atoms. The van der Waals surface area contributed by atoms with E-state index in [9.17, 15) is 14.7 Å². The number of nitrogens with zero attached hydrogens (tertiary/aromatic N) is 2. The topological polar surface area (TPSA) is 154 Å². The van der Waals surface area contributed by atoms with E-state index in [0.717, 1.165) is 44.2 Å².